The fourth-order valence-electron chi connectivity index (χ4n) is 0.804. The number of aliphatic hydroxyl groups is 1. The van der Waals surface area contributed by atoms with E-state index in [1.807, 2.05) is 24.3 Å². The highest BCUT2D eigenvalue weighted by Gasteiger charge is 1.87. The number of hydrogen-bond acceptors (Lipinski definition) is 3. The molecule has 4 heteroatoms. The molecular weight excluding hydrogens is 224 g/mol. The second-order valence-corrected chi connectivity index (χ2v) is 3.89. The molecule has 0 amide bonds. The molecule has 88 valence electrons. The van der Waals surface area contributed by atoms with Crippen LogP contribution in [0.15, 0.2) is 47.4 Å². The van der Waals surface area contributed by atoms with E-state index in [2.05, 4.69) is 12.1 Å². The van der Waals surface area contributed by atoms with E-state index in [9.17, 15) is 0 Å². The third-order valence-electron chi connectivity index (χ3n) is 1.36. The van der Waals surface area contributed by atoms with Gasteiger partial charge in [0.25, 0.3) is 5.97 Å². The zero-order valence-corrected chi connectivity index (χ0v) is 9.98. The van der Waals surface area contributed by atoms with Crippen LogP contribution in [-0.4, -0.2) is 28.5 Å². The highest BCUT2D eigenvalue weighted by atomic mass is 32.2. The van der Waals surface area contributed by atoms with Gasteiger partial charge in [-0.3, -0.25) is 4.79 Å². The van der Waals surface area contributed by atoms with Crippen molar-refractivity contribution in [1.82, 2.24) is 0 Å². The van der Waals surface area contributed by atoms with Gasteiger partial charge in [0, 0.05) is 17.6 Å². The lowest BCUT2D eigenvalue weighted by Crippen LogP contribution is -1.78. The van der Waals surface area contributed by atoms with E-state index in [0.29, 0.717) is 0 Å². The van der Waals surface area contributed by atoms with Crippen LogP contribution < -0.4 is 0 Å². The van der Waals surface area contributed by atoms with Gasteiger partial charge in [-0.15, -0.1) is 11.8 Å². The van der Waals surface area contributed by atoms with Crippen LogP contribution in [0.3, 0.4) is 0 Å². The van der Waals surface area contributed by atoms with E-state index in [4.69, 9.17) is 15.0 Å². The highest BCUT2D eigenvalue weighted by molar-refractivity contribution is 7.99. The van der Waals surface area contributed by atoms with E-state index in [-0.39, 0.29) is 6.61 Å². The van der Waals surface area contributed by atoms with Crippen molar-refractivity contribution < 1.29 is 15.0 Å². The molecule has 0 saturated heterocycles. The zero-order chi connectivity index (χ0) is 12.2. The Morgan fingerprint density at radius 2 is 1.88 bits per heavy atom. The summed E-state index contributed by atoms with van der Waals surface area (Å²) in [5.74, 6) is 0.0879. The molecule has 3 nitrogen and oxygen atoms in total. The first-order valence-corrected chi connectivity index (χ1v) is 5.78. The Bertz CT molecular complexity index is 305. The van der Waals surface area contributed by atoms with Crippen molar-refractivity contribution in [3.05, 3.63) is 42.5 Å². The van der Waals surface area contributed by atoms with E-state index in [1.54, 1.807) is 17.8 Å². The molecule has 1 aromatic carbocycles. The molecule has 0 radical (unpaired) electrons. The normalized spacial score (nSPS) is 9.62. The van der Waals surface area contributed by atoms with Crippen LogP contribution in [0.5, 0.6) is 0 Å². The van der Waals surface area contributed by atoms with Gasteiger partial charge in [-0.25, -0.2) is 0 Å². The Balaban J connectivity index is 0.000000487. The van der Waals surface area contributed by atoms with Gasteiger partial charge in [-0.05, 0) is 12.1 Å². The molecule has 0 bridgehead atoms. The van der Waals surface area contributed by atoms with Gasteiger partial charge >= 0.3 is 0 Å². The number of thioether (sulfide) groups is 1. The van der Waals surface area contributed by atoms with Crippen LogP contribution >= 0.6 is 11.8 Å². The largest absolute Gasteiger partial charge is 0.481 e. The highest BCUT2D eigenvalue weighted by Crippen LogP contribution is 2.16. The molecule has 0 unspecified atom stereocenters. The Morgan fingerprint density at radius 1 is 1.31 bits per heavy atom. The number of hydrogen-bond donors (Lipinski definition) is 2. The fourth-order valence-corrected chi connectivity index (χ4v) is 1.58. The molecule has 0 heterocycles. The van der Waals surface area contributed by atoms with Crippen LogP contribution in [0.2, 0.25) is 0 Å². The lowest BCUT2D eigenvalue weighted by Gasteiger charge is -1.95. The van der Waals surface area contributed by atoms with Crippen LogP contribution in [0.4, 0.5) is 0 Å². The van der Waals surface area contributed by atoms with Gasteiger partial charge in [0.15, 0.2) is 0 Å². The molecule has 0 atom stereocenters. The average molecular weight is 240 g/mol. The van der Waals surface area contributed by atoms with Crippen molar-refractivity contribution in [2.75, 3.05) is 12.4 Å². The number of rotatable bonds is 4. The van der Waals surface area contributed by atoms with Crippen molar-refractivity contribution in [3.63, 3.8) is 0 Å². The van der Waals surface area contributed by atoms with Gasteiger partial charge in [0.05, 0.1) is 6.61 Å². The summed E-state index contributed by atoms with van der Waals surface area (Å²) in [5, 5.41) is 15.9. The predicted molar refractivity (Wildman–Crippen MR) is 66.7 cm³/mol. The summed E-state index contributed by atoms with van der Waals surface area (Å²) in [6, 6.07) is 10.2. The van der Waals surface area contributed by atoms with Gasteiger partial charge < -0.3 is 10.2 Å². The number of aliphatic carboxylic acids is 1. The van der Waals surface area contributed by atoms with Crippen LogP contribution in [-0.2, 0) is 4.79 Å². The van der Waals surface area contributed by atoms with Crippen molar-refractivity contribution in [3.8, 4) is 0 Å². The Labute approximate surface area is 99.8 Å². The number of carboxylic acid groups (broad SMARTS) is 1. The second kappa shape index (κ2) is 10.3. The molecule has 0 aliphatic heterocycles. The summed E-state index contributed by atoms with van der Waals surface area (Å²) >= 11 is 1.76. The Kier molecular flexibility index (Phi) is 9.46. The SMILES string of the molecule is CC(=O)O.OCC=CCSc1ccccc1. The number of benzene rings is 1. The van der Waals surface area contributed by atoms with E-state index >= 15 is 0 Å². The first-order valence-electron chi connectivity index (χ1n) is 4.80. The minimum atomic E-state index is -0.833. The van der Waals surface area contributed by atoms with Crippen molar-refractivity contribution >= 4 is 17.7 Å². The van der Waals surface area contributed by atoms with Crippen molar-refractivity contribution in [2.24, 2.45) is 0 Å². The average Bonchev–Trinajstić information content (AvgIpc) is 2.25. The first kappa shape index (κ1) is 14.7. The summed E-state index contributed by atoms with van der Waals surface area (Å²) in [6.07, 6.45) is 3.73. The Hall–Kier alpha value is -1.26. The lowest BCUT2D eigenvalue weighted by atomic mass is 10.4. The number of carbonyl (C=O) groups is 1. The van der Waals surface area contributed by atoms with E-state index in [1.165, 1.54) is 4.90 Å². The third kappa shape index (κ3) is 10.8. The summed E-state index contributed by atoms with van der Waals surface area (Å²) < 4.78 is 0. The molecule has 1 aromatic rings. The summed E-state index contributed by atoms with van der Waals surface area (Å²) in [6.45, 7) is 1.22. The quantitative estimate of drug-likeness (QED) is 0.627. The molecule has 0 spiro atoms. The molecule has 0 fully saturated rings. The smallest absolute Gasteiger partial charge is 0.300 e. The fraction of sp³-hybridized carbons (Fsp3) is 0.250. The second-order valence-electron chi connectivity index (χ2n) is 2.80. The van der Waals surface area contributed by atoms with E-state index in [0.717, 1.165) is 12.7 Å². The molecule has 0 aliphatic carbocycles. The molecule has 1 rings (SSSR count). The topological polar surface area (TPSA) is 57.5 Å². The molecular formula is C12H16O3S. The summed E-state index contributed by atoms with van der Waals surface area (Å²) in [4.78, 5) is 10.3. The predicted octanol–water partition coefficient (Wildman–Crippen LogP) is 2.42. The minimum absolute atomic E-state index is 0.134. The van der Waals surface area contributed by atoms with Gasteiger partial charge in [-0.2, -0.15) is 0 Å². The monoisotopic (exact) mass is 240 g/mol. The third-order valence-corrected chi connectivity index (χ3v) is 2.33. The summed E-state index contributed by atoms with van der Waals surface area (Å²) in [5.41, 5.74) is 0. The molecule has 0 aliphatic rings. The maximum atomic E-state index is 9.00. The van der Waals surface area contributed by atoms with Gasteiger partial charge in [0.1, 0.15) is 0 Å². The minimum Gasteiger partial charge on any atom is -0.481 e. The van der Waals surface area contributed by atoms with E-state index < -0.39 is 5.97 Å². The van der Waals surface area contributed by atoms with Crippen LogP contribution in [0.1, 0.15) is 6.92 Å². The maximum absolute atomic E-state index is 9.00. The number of aliphatic hydroxyl groups excluding tert-OH is 1. The summed E-state index contributed by atoms with van der Waals surface area (Å²) in [7, 11) is 0. The molecule has 0 saturated carbocycles. The van der Waals surface area contributed by atoms with Crippen molar-refractivity contribution in [1.29, 1.82) is 0 Å². The zero-order valence-electron chi connectivity index (χ0n) is 9.17. The number of carboxylic acids is 1. The van der Waals surface area contributed by atoms with Crippen LogP contribution in [0, 0.1) is 0 Å². The van der Waals surface area contributed by atoms with Crippen LogP contribution in [0.25, 0.3) is 0 Å². The lowest BCUT2D eigenvalue weighted by molar-refractivity contribution is -0.134. The van der Waals surface area contributed by atoms with Gasteiger partial charge in [0.2, 0.25) is 0 Å². The van der Waals surface area contributed by atoms with Crippen molar-refractivity contribution in [2.45, 2.75) is 11.8 Å². The molecule has 0 aromatic heterocycles. The molecule has 2 N–H and O–H groups in total. The first-order chi connectivity index (χ1) is 7.66. The maximum Gasteiger partial charge on any atom is 0.300 e. The van der Waals surface area contributed by atoms with Gasteiger partial charge in [-0.1, -0.05) is 30.4 Å². The standard InChI is InChI=1S/C10H12OS.C2H4O2/c11-8-4-5-9-12-10-6-2-1-3-7-10;1-2(3)4/h1-7,11H,8-9H2;1H3,(H,3,4). The Morgan fingerprint density at radius 3 is 2.38 bits per heavy atom. The molecule has 16 heavy (non-hydrogen) atoms.